The quantitative estimate of drug-likeness (QED) is 0.544. The van der Waals surface area contributed by atoms with Crippen molar-refractivity contribution in [3.63, 3.8) is 0 Å². The van der Waals surface area contributed by atoms with Gasteiger partial charge in [0.15, 0.2) is 6.61 Å². The fourth-order valence-electron chi connectivity index (χ4n) is 2.68. The number of pyridine rings is 1. The molecule has 0 saturated carbocycles. The Morgan fingerprint density at radius 1 is 1.11 bits per heavy atom. The van der Waals surface area contributed by atoms with Gasteiger partial charge >= 0.3 is 5.97 Å². The van der Waals surface area contributed by atoms with Gasteiger partial charge in [-0.3, -0.25) is 0 Å². The molecule has 2 aromatic heterocycles. The van der Waals surface area contributed by atoms with E-state index in [-0.39, 0.29) is 6.61 Å². The van der Waals surface area contributed by atoms with Gasteiger partial charge in [0.25, 0.3) is 0 Å². The van der Waals surface area contributed by atoms with Crippen molar-refractivity contribution in [1.82, 2.24) is 9.97 Å². The maximum absolute atomic E-state index is 10.6. The Kier molecular flexibility index (Phi) is 4.43. The lowest BCUT2D eigenvalue weighted by Crippen LogP contribution is -2.09. The number of carboxylic acid groups (broad SMARTS) is 1. The summed E-state index contributed by atoms with van der Waals surface area (Å²) in [6, 6.07) is 17.1. The molecule has 27 heavy (non-hydrogen) atoms. The van der Waals surface area contributed by atoms with Crippen molar-refractivity contribution in [3.05, 3.63) is 60.8 Å². The van der Waals surface area contributed by atoms with Crippen molar-refractivity contribution in [2.24, 2.45) is 0 Å². The van der Waals surface area contributed by atoms with Crippen molar-refractivity contribution in [3.8, 4) is 27.4 Å². The van der Waals surface area contributed by atoms with Gasteiger partial charge in [0.05, 0.1) is 15.8 Å². The first-order chi connectivity index (χ1) is 13.1. The average molecular weight is 377 g/mol. The summed E-state index contributed by atoms with van der Waals surface area (Å²) in [4.78, 5) is 19.6. The highest BCUT2D eigenvalue weighted by atomic mass is 32.1. The smallest absolute Gasteiger partial charge is 0.341 e. The second-order valence-electron chi connectivity index (χ2n) is 5.85. The number of ether oxygens (including phenoxy) is 1. The molecule has 0 radical (unpaired) electrons. The number of benzene rings is 2. The number of para-hydroxylation sites is 1. The molecule has 3 N–H and O–H groups in total. The predicted molar refractivity (Wildman–Crippen MR) is 106 cm³/mol. The SMILES string of the molecule is Nc1ncc(-c2ccc(OCC(=O)O)cc2)cc1-c1nc2ccccc2s1. The van der Waals surface area contributed by atoms with Gasteiger partial charge < -0.3 is 15.6 Å². The molecule has 4 rings (SSSR count). The van der Waals surface area contributed by atoms with E-state index in [1.54, 1.807) is 29.7 Å². The molecular formula is C20H15N3O3S. The molecule has 0 saturated heterocycles. The summed E-state index contributed by atoms with van der Waals surface area (Å²) in [6.45, 7) is -0.371. The van der Waals surface area contributed by atoms with Crippen LogP contribution in [0.2, 0.25) is 0 Å². The summed E-state index contributed by atoms with van der Waals surface area (Å²) >= 11 is 1.57. The lowest BCUT2D eigenvalue weighted by Gasteiger charge is -2.08. The van der Waals surface area contributed by atoms with E-state index in [4.69, 9.17) is 15.6 Å². The third-order valence-corrected chi connectivity index (χ3v) is 5.06. The zero-order valence-corrected chi connectivity index (χ0v) is 14.9. The van der Waals surface area contributed by atoms with Gasteiger partial charge in [0.2, 0.25) is 0 Å². The molecule has 0 spiro atoms. The van der Waals surface area contributed by atoms with E-state index in [0.29, 0.717) is 11.6 Å². The Bertz CT molecular complexity index is 1090. The number of aromatic nitrogens is 2. The van der Waals surface area contributed by atoms with Gasteiger partial charge in [-0.15, -0.1) is 11.3 Å². The van der Waals surface area contributed by atoms with Crippen LogP contribution in [0.1, 0.15) is 0 Å². The summed E-state index contributed by atoms with van der Waals surface area (Å²) < 4.78 is 6.26. The molecule has 134 valence electrons. The second-order valence-corrected chi connectivity index (χ2v) is 6.88. The average Bonchev–Trinajstić information content (AvgIpc) is 3.11. The first-order valence-corrected chi connectivity index (χ1v) is 8.98. The molecule has 0 atom stereocenters. The largest absolute Gasteiger partial charge is 0.482 e. The number of nitrogens with zero attached hydrogens (tertiary/aromatic N) is 2. The molecular weight excluding hydrogens is 362 g/mol. The number of fused-ring (bicyclic) bond motifs is 1. The zero-order valence-electron chi connectivity index (χ0n) is 14.1. The highest BCUT2D eigenvalue weighted by molar-refractivity contribution is 7.21. The zero-order chi connectivity index (χ0) is 18.8. The molecule has 4 aromatic rings. The molecule has 0 bridgehead atoms. The number of nitrogens with two attached hydrogens (primary N) is 1. The van der Waals surface area contributed by atoms with Crippen LogP contribution in [-0.4, -0.2) is 27.7 Å². The minimum Gasteiger partial charge on any atom is -0.482 e. The Balaban J connectivity index is 1.66. The maximum atomic E-state index is 10.6. The second kappa shape index (κ2) is 7.05. The minimum atomic E-state index is -1.01. The van der Waals surface area contributed by atoms with Crippen LogP contribution in [0.3, 0.4) is 0 Å². The van der Waals surface area contributed by atoms with E-state index in [1.807, 2.05) is 42.5 Å². The molecule has 0 aliphatic carbocycles. The van der Waals surface area contributed by atoms with Crippen molar-refractivity contribution in [1.29, 1.82) is 0 Å². The molecule has 0 unspecified atom stereocenters. The number of carboxylic acids is 1. The lowest BCUT2D eigenvalue weighted by atomic mass is 10.1. The predicted octanol–water partition coefficient (Wildman–Crippen LogP) is 4.07. The summed E-state index contributed by atoms with van der Waals surface area (Å²) in [5.41, 5.74) is 9.63. The third-order valence-electron chi connectivity index (χ3n) is 3.99. The molecule has 2 heterocycles. The van der Waals surface area contributed by atoms with E-state index >= 15 is 0 Å². The molecule has 0 amide bonds. The Hall–Kier alpha value is -3.45. The molecule has 0 aliphatic heterocycles. The molecule has 6 nitrogen and oxygen atoms in total. The Morgan fingerprint density at radius 2 is 1.89 bits per heavy atom. The van der Waals surface area contributed by atoms with Crippen molar-refractivity contribution in [2.45, 2.75) is 0 Å². The van der Waals surface area contributed by atoms with Crippen LogP contribution in [0.25, 0.3) is 31.9 Å². The normalized spacial score (nSPS) is 10.8. The number of hydrogen-bond acceptors (Lipinski definition) is 6. The highest BCUT2D eigenvalue weighted by Gasteiger charge is 2.12. The third kappa shape index (κ3) is 3.58. The number of thiazole rings is 1. The highest BCUT2D eigenvalue weighted by Crippen LogP contribution is 2.35. The number of nitrogen functional groups attached to an aromatic ring is 1. The van der Waals surface area contributed by atoms with E-state index < -0.39 is 5.97 Å². The topological polar surface area (TPSA) is 98.3 Å². The van der Waals surface area contributed by atoms with Gasteiger partial charge in [-0.25, -0.2) is 14.8 Å². The van der Waals surface area contributed by atoms with Crippen LogP contribution < -0.4 is 10.5 Å². The molecule has 7 heteroatoms. The number of carbonyl (C=O) groups is 1. The summed E-state index contributed by atoms with van der Waals surface area (Å²) in [5, 5.41) is 9.50. The first-order valence-electron chi connectivity index (χ1n) is 8.16. The van der Waals surface area contributed by atoms with Gasteiger partial charge in [-0.2, -0.15) is 0 Å². The van der Waals surface area contributed by atoms with Crippen LogP contribution in [0, 0.1) is 0 Å². The van der Waals surface area contributed by atoms with E-state index in [9.17, 15) is 4.79 Å². The summed E-state index contributed by atoms with van der Waals surface area (Å²) in [7, 11) is 0. The van der Waals surface area contributed by atoms with Crippen LogP contribution >= 0.6 is 11.3 Å². The van der Waals surface area contributed by atoms with Crippen molar-refractivity contribution >= 4 is 33.3 Å². The Morgan fingerprint density at radius 3 is 2.63 bits per heavy atom. The fourth-order valence-corrected chi connectivity index (χ4v) is 3.67. The van der Waals surface area contributed by atoms with Crippen molar-refractivity contribution in [2.75, 3.05) is 12.3 Å². The van der Waals surface area contributed by atoms with Crippen LogP contribution in [0.15, 0.2) is 60.8 Å². The summed E-state index contributed by atoms with van der Waals surface area (Å²) in [5.74, 6) is -0.0857. The maximum Gasteiger partial charge on any atom is 0.341 e. The number of hydrogen-bond donors (Lipinski definition) is 2. The monoisotopic (exact) mass is 377 g/mol. The van der Waals surface area contributed by atoms with Gasteiger partial charge in [-0.05, 0) is 35.9 Å². The van der Waals surface area contributed by atoms with Gasteiger partial charge in [-0.1, -0.05) is 24.3 Å². The van der Waals surface area contributed by atoms with Crippen molar-refractivity contribution < 1.29 is 14.6 Å². The Labute approximate surface area is 158 Å². The van der Waals surface area contributed by atoms with E-state index in [0.717, 1.165) is 31.9 Å². The first kappa shape index (κ1) is 17.0. The number of aliphatic carboxylic acids is 1. The molecule has 0 aliphatic rings. The van der Waals surface area contributed by atoms with E-state index in [1.165, 1.54) is 0 Å². The van der Waals surface area contributed by atoms with Gasteiger partial charge in [0.1, 0.15) is 16.6 Å². The minimum absolute atomic E-state index is 0.371. The molecule has 2 aromatic carbocycles. The number of anilines is 1. The van der Waals surface area contributed by atoms with Crippen LogP contribution in [0.5, 0.6) is 5.75 Å². The van der Waals surface area contributed by atoms with Gasteiger partial charge in [0, 0.05) is 11.8 Å². The number of rotatable bonds is 5. The van der Waals surface area contributed by atoms with E-state index in [2.05, 4.69) is 9.97 Å². The summed E-state index contributed by atoms with van der Waals surface area (Å²) in [6.07, 6.45) is 1.71. The van der Waals surface area contributed by atoms with Crippen LogP contribution in [0.4, 0.5) is 5.82 Å². The lowest BCUT2D eigenvalue weighted by molar-refractivity contribution is -0.139. The van der Waals surface area contributed by atoms with Crippen LogP contribution in [-0.2, 0) is 4.79 Å². The fraction of sp³-hybridized carbons (Fsp3) is 0.0500. The molecule has 0 fully saturated rings. The standard InChI is InChI=1S/C20H15N3O3S/c21-19-15(20-23-16-3-1-2-4-17(16)27-20)9-13(10-22-19)12-5-7-14(8-6-12)26-11-18(24)25/h1-10H,11H2,(H2,21,22)(H,24,25).